The van der Waals surface area contributed by atoms with Crippen molar-refractivity contribution >= 4 is 35.2 Å². The van der Waals surface area contributed by atoms with E-state index in [1.54, 1.807) is 62.5 Å². The summed E-state index contributed by atoms with van der Waals surface area (Å²) in [5.41, 5.74) is 2.35. The van der Waals surface area contributed by atoms with E-state index in [4.69, 9.17) is 9.47 Å². The molecule has 0 saturated carbocycles. The van der Waals surface area contributed by atoms with E-state index >= 15 is 0 Å². The summed E-state index contributed by atoms with van der Waals surface area (Å²) in [6.45, 7) is 13.2. The van der Waals surface area contributed by atoms with Crippen LogP contribution in [0.2, 0.25) is 0 Å². The molecule has 1 aliphatic heterocycles. The molecule has 42 heavy (non-hydrogen) atoms. The van der Waals surface area contributed by atoms with E-state index in [1.807, 2.05) is 45.0 Å². The van der Waals surface area contributed by atoms with E-state index in [9.17, 15) is 14.4 Å². The fraction of sp³-hybridized carbons (Fsp3) is 0.387. The molecule has 1 aliphatic rings. The van der Waals surface area contributed by atoms with Crippen LogP contribution < -0.4 is 15.5 Å². The Morgan fingerprint density at radius 3 is 2.02 bits per heavy atom. The van der Waals surface area contributed by atoms with E-state index in [2.05, 4.69) is 25.5 Å². The molecule has 0 unspecified atom stereocenters. The lowest BCUT2D eigenvalue weighted by molar-refractivity contribution is 0.0240. The van der Waals surface area contributed by atoms with Crippen LogP contribution in [0, 0.1) is 0 Å². The third kappa shape index (κ3) is 8.42. The second-order valence-electron chi connectivity index (χ2n) is 11.9. The molecular weight excluding hydrogens is 536 g/mol. The first kappa shape index (κ1) is 30.3. The molecule has 3 aromatic rings. The number of aromatic nitrogens is 2. The molecule has 3 amide bonds. The maximum Gasteiger partial charge on any atom is 0.412 e. The summed E-state index contributed by atoms with van der Waals surface area (Å²) in [6.07, 6.45) is 4.06. The lowest BCUT2D eigenvalue weighted by Gasteiger charge is -2.36. The van der Waals surface area contributed by atoms with Crippen LogP contribution in [0.25, 0.3) is 11.1 Å². The van der Waals surface area contributed by atoms with Gasteiger partial charge in [-0.3, -0.25) is 15.1 Å². The second-order valence-corrected chi connectivity index (χ2v) is 11.9. The molecule has 1 fully saturated rings. The molecule has 0 bridgehead atoms. The van der Waals surface area contributed by atoms with Gasteiger partial charge >= 0.3 is 12.2 Å². The number of pyridine rings is 2. The molecule has 2 aromatic heterocycles. The minimum absolute atomic E-state index is 0.212. The van der Waals surface area contributed by atoms with Crippen LogP contribution in [0.4, 0.5) is 26.7 Å². The number of rotatable bonds is 5. The van der Waals surface area contributed by atoms with Crippen molar-refractivity contribution < 1.29 is 23.9 Å². The van der Waals surface area contributed by atoms with Crippen LogP contribution in [-0.4, -0.2) is 70.3 Å². The van der Waals surface area contributed by atoms with Gasteiger partial charge in [-0.2, -0.15) is 0 Å². The number of benzene rings is 1. The molecule has 0 atom stereocenters. The van der Waals surface area contributed by atoms with Gasteiger partial charge in [-0.25, -0.2) is 14.6 Å². The lowest BCUT2D eigenvalue weighted by atomic mass is 10.1. The zero-order valence-corrected chi connectivity index (χ0v) is 24.9. The predicted molar refractivity (Wildman–Crippen MR) is 162 cm³/mol. The van der Waals surface area contributed by atoms with Crippen molar-refractivity contribution in [2.24, 2.45) is 0 Å². The van der Waals surface area contributed by atoms with E-state index in [0.717, 1.165) is 16.8 Å². The zero-order valence-electron chi connectivity index (χ0n) is 24.9. The molecule has 222 valence electrons. The van der Waals surface area contributed by atoms with Gasteiger partial charge in [-0.05, 0) is 89.1 Å². The van der Waals surface area contributed by atoms with Crippen molar-refractivity contribution in [3.63, 3.8) is 0 Å². The van der Waals surface area contributed by atoms with Crippen molar-refractivity contribution in [1.82, 2.24) is 14.9 Å². The van der Waals surface area contributed by atoms with Crippen LogP contribution in [0.1, 0.15) is 52.0 Å². The molecule has 4 rings (SSSR count). The van der Waals surface area contributed by atoms with Gasteiger partial charge in [-0.1, -0.05) is 6.07 Å². The Kier molecular flexibility index (Phi) is 8.99. The number of carbonyl (C=O) groups is 3. The lowest BCUT2D eigenvalue weighted by Crippen LogP contribution is -2.50. The normalized spacial score (nSPS) is 13.8. The number of carbonyl (C=O) groups excluding carboxylic acids is 3. The molecule has 1 aromatic carbocycles. The Morgan fingerprint density at radius 2 is 1.43 bits per heavy atom. The Morgan fingerprint density at radius 1 is 0.762 bits per heavy atom. The van der Waals surface area contributed by atoms with E-state index < -0.39 is 23.2 Å². The molecule has 0 aliphatic carbocycles. The maximum atomic E-state index is 13.2. The second kappa shape index (κ2) is 12.5. The van der Waals surface area contributed by atoms with Gasteiger partial charge in [0.2, 0.25) is 0 Å². The van der Waals surface area contributed by atoms with Crippen LogP contribution >= 0.6 is 0 Å². The third-order valence-electron chi connectivity index (χ3n) is 6.19. The highest BCUT2D eigenvalue weighted by atomic mass is 16.6. The van der Waals surface area contributed by atoms with Crippen molar-refractivity contribution in [3.05, 3.63) is 66.7 Å². The quantitative estimate of drug-likeness (QED) is 0.392. The number of nitrogens with zero attached hydrogens (tertiary/aromatic N) is 4. The Balaban J connectivity index is 1.46. The number of amides is 3. The first-order valence-corrected chi connectivity index (χ1v) is 13.8. The number of piperazine rings is 1. The molecule has 11 heteroatoms. The van der Waals surface area contributed by atoms with Crippen molar-refractivity contribution in [2.45, 2.75) is 52.7 Å². The van der Waals surface area contributed by atoms with Crippen LogP contribution in [0.5, 0.6) is 0 Å². The highest BCUT2D eigenvalue weighted by Gasteiger charge is 2.26. The molecule has 0 radical (unpaired) electrons. The monoisotopic (exact) mass is 574 g/mol. The molecule has 3 heterocycles. The van der Waals surface area contributed by atoms with Crippen molar-refractivity contribution in [2.75, 3.05) is 41.7 Å². The first-order chi connectivity index (χ1) is 19.8. The highest BCUT2D eigenvalue weighted by molar-refractivity contribution is 6.06. The summed E-state index contributed by atoms with van der Waals surface area (Å²) in [6, 6.07) is 12.5. The van der Waals surface area contributed by atoms with E-state index in [1.165, 1.54) is 0 Å². The van der Waals surface area contributed by atoms with Gasteiger partial charge in [0.15, 0.2) is 0 Å². The summed E-state index contributed by atoms with van der Waals surface area (Å²) in [5, 5.41) is 5.61. The average Bonchev–Trinajstić information content (AvgIpc) is 2.92. The number of hydrogen-bond donors (Lipinski definition) is 2. The van der Waals surface area contributed by atoms with Gasteiger partial charge in [0.25, 0.3) is 5.91 Å². The fourth-order valence-electron chi connectivity index (χ4n) is 4.26. The summed E-state index contributed by atoms with van der Waals surface area (Å²) in [7, 11) is 0. The number of anilines is 3. The first-order valence-electron chi connectivity index (χ1n) is 13.8. The average molecular weight is 575 g/mol. The van der Waals surface area contributed by atoms with Crippen LogP contribution in [0.15, 0.2) is 61.1 Å². The number of hydrogen-bond acceptors (Lipinski definition) is 8. The smallest absolute Gasteiger partial charge is 0.412 e. The number of nitrogens with one attached hydrogen (secondary N) is 2. The van der Waals surface area contributed by atoms with Crippen LogP contribution in [0.3, 0.4) is 0 Å². The molecule has 1 saturated heterocycles. The minimum Gasteiger partial charge on any atom is -0.444 e. The largest absolute Gasteiger partial charge is 0.444 e. The molecule has 11 nitrogen and oxygen atoms in total. The van der Waals surface area contributed by atoms with Gasteiger partial charge in [-0.15, -0.1) is 0 Å². The van der Waals surface area contributed by atoms with Gasteiger partial charge < -0.3 is 24.6 Å². The Hall–Kier alpha value is -4.67. The van der Waals surface area contributed by atoms with Gasteiger partial charge in [0.1, 0.15) is 16.9 Å². The van der Waals surface area contributed by atoms with Gasteiger partial charge in [0, 0.05) is 38.6 Å². The summed E-state index contributed by atoms with van der Waals surface area (Å²) >= 11 is 0. The fourth-order valence-corrected chi connectivity index (χ4v) is 4.26. The summed E-state index contributed by atoms with van der Waals surface area (Å²) in [5.74, 6) is -0.435. The number of ether oxygens (including phenoxy) is 2. The topological polar surface area (TPSA) is 126 Å². The van der Waals surface area contributed by atoms with Crippen LogP contribution in [-0.2, 0) is 9.47 Å². The Bertz CT molecular complexity index is 1410. The highest BCUT2D eigenvalue weighted by Crippen LogP contribution is 2.30. The molecular formula is C31H38N6O5. The third-order valence-corrected chi connectivity index (χ3v) is 6.19. The summed E-state index contributed by atoms with van der Waals surface area (Å²) < 4.78 is 10.9. The SMILES string of the molecule is CC(C)(C)OC(=O)Nc1ccc(-c2ccncc2)cc1NC(=O)c1ccc(N2CCN(C(=O)OC(C)(C)C)CC2)cn1. The minimum atomic E-state index is -0.682. The summed E-state index contributed by atoms with van der Waals surface area (Å²) in [4.78, 5) is 50.4. The maximum absolute atomic E-state index is 13.2. The van der Waals surface area contributed by atoms with Gasteiger partial charge in [0.05, 0.1) is 23.3 Å². The van der Waals surface area contributed by atoms with Crippen molar-refractivity contribution in [1.29, 1.82) is 0 Å². The predicted octanol–water partition coefficient (Wildman–Crippen LogP) is 5.80. The van der Waals surface area contributed by atoms with E-state index in [-0.39, 0.29) is 11.8 Å². The molecule has 2 N–H and O–H groups in total. The standard InChI is InChI=1S/C31H38N6O5/c1-30(2,3)41-28(39)35-24-9-7-22(21-11-13-32-14-12-21)19-26(24)34-27(38)25-10-8-23(20-33-25)36-15-17-37(18-16-36)29(40)42-31(4,5)6/h7-14,19-20H,15-18H2,1-6H3,(H,34,38)(H,35,39). The van der Waals surface area contributed by atoms with E-state index in [0.29, 0.717) is 37.6 Å². The van der Waals surface area contributed by atoms with Crippen molar-refractivity contribution in [3.8, 4) is 11.1 Å². The molecule has 0 spiro atoms. The Labute approximate surface area is 246 Å². The zero-order chi connectivity index (χ0) is 30.5.